The van der Waals surface area contributed by atoms with E-state index in [1.807, 2.05) is 25.1 Å². The Morgan fingerprint density at radius 1 is 1.11 bits per heavy atom. The molecule has 1 saturated heterocycles. The first kappa shape index (κ1) is 19.1. The van der Waals surface area contributed by atoms with Crippen LogP contribution in [-0.2, 0) is 4.79 Å². The molecule has 7 heteroatoms. The van der Waals surface area contributed by atoms with E-state index < -0.39 is 17.5 Å². The fraction of sp³-hybridized carbons (Fsp3) is 0.350. The molecule has 0 aliphatic carbocycles. The van der Waals surface area contributed by atoms with Gasteiger partial charge in [-0.3, -0.25) is 4.79 Å². The zero-order valence-electron chi connectivity index (χ0n) is 15.5. The Morgan fingerprint density at radius 3 is 2.52 bits per heavy atom. The number of aryl methyl sites for hydroxylation is 1. The van der Waals surface area contributed by atoms with E-state index in [1.165, 1.54) is 0 Å². The molecular weight excluding hydrogens is 352 g/mol. The Labute approximate surface area is 157 Å². The number of anilines is 2. The number of ether oxygens (including phenoxy) is 1. The zero-order chi connectivity index (χ0) is 19.4. The van der Waals surface area contributed by atoms with E-state index in [0.717, 1.165) is 49.6 Å². The smallest absolute Gasteiger partial charge is 0.262 e. The molecule has 1 heterocycles. The van der Waals surface area contributed by atoms with Crippen LogP contribution < -0.4 is 15.0 Å². The Hall–Kier alpha value is -2.67. The van der Waals surface area contributed by atoms with Gasteiger partial charge in [-0.15, -0.1) is 0 Å². The van der Waals surface area contributed by atoms with Crippen molar-refractivity contribution in [3.8, 4) is 5.75 Å². The van der Waals surface area contributed by atoms with Crippen LogP contribution in [0.3, 0.4) is 0 Å². The first-order valence-electron chi connectivity index (χ1n) is 8.84. The topological polar surface area (TPSA) is 44.8 Å². The highest BCUT2D eigenvalue weighted by Gasteiger charge is 2.15. The van der Waals surface area contributed by atoms with Gasteiger partial charge in [-0.05, 0) is 49.9 Å². The van der Waals surface area contributed by atoms with Crippen molar-refractivity contribution in [2.75, 3.05) is 50.1 Å². The minimum absolute atomic E-state index is 0.159. The number of carbonyl (C=O) groups excluding carboxylic acids is 1. The SMILES string of the molecule is Cc1cc(N2CCN(C)CC2)ccc1NC(=O)COc1ccc(F)cc1F. The normalized spacial score (nSPS) is 14.9. The number of nitrogens with one attached hydrogen (secondary N) is 1. The van der Waals surface area contributed by atoms with Crippen LogP contribution in [-0.4, -0.2) is 50.6 Å². The number of halogens is 2. The van der Waals surface area contributed by atoms with E-state index in [9.17, 15) is 13.6 Å². The van der Waals surface area contributed by atoms with Crippen molar-refractivity contribution in [1.82, 2.24) is 4.90 Å². The van der Waals surface area contributed by atoms with E-state index >= 15 is 0 Å². The second kappa shape index (κ2) is 8.35. The van der Waals surface area contributed by atoms with Gasteiger partial charge in [0.05, 0.1) is 0 Å². The third-order valence-corrected chi connectivity index (χ3v) is 4.61. The molecule has 144 valence electrons. The Bertz CT molecular complexity index is 821. The van der Waals surface area contributed by atoms with Crippen molar-refractivity contribution in [3.63, 3.8) is 0 Å². The van der Waals surface area contributed by atoms with Crippen LogP contribution in [0.2, 0.25) is 0 Å². The van der Waals surface area contributed by atoms with Crippen LogP contribution in [0.5, 0.6) is 5.75 Å². The second-order valence-corrected chi connectivity index (χ2v) is 6.70. The highest BCUT2D eigenvalue weighted by Crippen LogP contribution is 2.24. The zero-order valence-corrected chi connectivity index (χ0v) is 15.5. The number of hydrogen-bond acceptors (Lipinski definition) is 4. The van der Waals surface area contributed by atoms with Crippen LogP contribution in [0.4, 0.5) is 20.2 Å². The molecule has 0 radical (unpaired) electrons. The quantitative estimate of drug-likeness (QED) is 0.873. The molecule has 2 aromatic rings. The van der Waals surface area contributed by atoms with E-state index in [1.54, 1.807) is 0 Å². The van der Waals surface area contributed by atoms with E-state index in [-0.39, 0.29) is 12.4 Å². The first-order valence-corrected chi connectivity index (χ1v) is 8.84. The van der Waals surface area contributed by atoms with Gasteiger partial charge >= 0.3 is 0 Å². The number of likely N-dealkylation sites (N-methyl/N-ethyl adjacent to an activating group) is 1. The number of amides is 1. The minimum atomic E-state index is -0.837. The van der Waals surface area contributed by atoms with Gasteiger partial charge in [-0.25, -0.2) is 8.78 Å². The molecule has 2 aromatic carbocycles. The number of carbonyl (C=O) groups is 1. The third kappa shape index (κ3) is 4.95. The summed E-state index contributed by atoms with van der Waals surface area (Å²) >= 11 is 0. The summed E-state index contributed by atoms with van der Waals surface area (Å²) in [6, 6.07) is 8.84. The lowest BCUT2D eigenvalue weighted by Gasteiger charge is -2.34. The number of benzene rings is 2. The Balaban J connectivity index is 1.57. The van der Waals surface area contributed by atoms with E-state index in [2.05, 4.69) is 22.2 Å². The Kier molecular flexibility index (Phi) is 5.91. The molecule has 5 nitrogen and oxygen atoms in total. The molecule has 1 fully saturated rings. The highest BCUT2D eigenvalue weighted by molar-refractivity contribution is 5.92. The number of nitrogens with zero attached hydrogens (tertiary/aromatic N) is 2. The first-order chi connectivity index (χ1) is 12.9. The third-order valence-electron chi connectivity index (χ3n) is 4.61. The molecule has 1 aliphatic rings. The second-order valence-electron chi connectivity index (χ2n) is 6.70. The summed E-state index contributed by atoms with van der Waals surface area (Å²) in [4.78, 5) is 16.7. The standard InChI is InChI=1S/C20H23F2N3O2/c1-14-11-16(25-9-7-24(2)8-10-25)4-5-18(14)23-20(26)13-27-19-6-3-15(21)12-17(19)22/h3-6,11-12H,7-10,13H2,1-2H3,(H,23,26). The van der Waals surface area contributed by atoms with Gasteiger partial charge in [0.25, 0.3) is 5.91 Å². The van der Waals surface area contributed by atoms with Crippen LogP contribution in [0.15, 0.2) is 36.4 Å². The number of rotatable bonds is 5. The predicted octanol–water partition coefficient (Wildman–Crippen LogP) is 3.04. The fourth-order valence-electron chi connectivity index (χ4n) is 2.97. The van der Waals surface area contributed by atoms with Crippen molar-refractivity contribution in [3.05, 3.63) is 53.6 Å². The summed E-state index contributed by atoms with van der Waals surface area (Å²) in [5.41, 5.74) is 2.75. The summed E-state index contributed by atoms with van der Waals surface area (Å²) < 4.78 is 31.5. The fourth-order valence-corrected chi connectivity index (χ4v) is 2.97. The van der Waals surface area contributed by atoms with Crippen molar-refractivity contribution >= 4 is 17.3 Å². The summed E-state index contributed by atoms with van der Waals surface area (Å²) in [6.07, 6.45) is 0. The average molecular weight is 375 g/mol. The number of piperazine rings is 1. The van der Waals surface area contributed by atoms with Gasteiger partial charge in [-0.1, -0.05) is 0 Å². The lowest BCUT2D eigenvalue weighted by atomic mass is 10.1. The van der Waals surface area contributed by atoms with Crippen molar-refractivity contribution in [1.29, 1.82) is 0 Å². The van der Waals surface area contributed by atoms with Crippen LogP contribution in [0.1, 0.15) is 5.56 Å². The van der Waals surface area contributed by atoms with Gasteiger partial charge in [0, 0.05) is 43.6 Å². The molecule has 3 rings (SSSR count). The molecule has 1 N–H and O–H groups in total. The predicted molar refractivity (Wildman–Crippen MR) is 101 cm³/mol. The summed E-state index contributed by atoms with van der Waals surface area (Å²) in [7, 11) is 2.11. The summed E-state index contributed by atoms with van der Waals surface area (Å²) in [5.74, 6) is -2.10. The summed E-state index contributed by atoms with van der Waals surface area (Å²) in [6.45, 7) is 5.55. The van der Waals surface area contributed by atoms with E-state index in [4.69, 9.17) is 4.74 Å². The van der Waals surface area contributed by atoms with Crippen molar-refractivity contribution in [2.45, 2.75) is 6.92 Å². The molecular formula is C20H23F2N3O2. The number of hydrogen-bond donors (Lipinski definition) is 1. The molecule has 1 amide bonds. The van der Waals surface area contributed by atoms with Gasteiger partial charge in [-0.2, -0.15) is 0 Å². The Morgan fingerprint density at radius 2 is 1.85 bits per heavy atom. The monoisotopic (exact) mass is 375 g/mol. The van der Waals surface area contributed by atoms with Crippen LogP contribution in [0, 0.1) is 18.6 Å². The summed E-state index contributed by atoms with van der Waals surface area (Å²) in [5, 5.41) is 2.76. The molecule has 0 bridgehead atoms. The molecule has 27 heavy (non-hydrogen) atoms. The maximum Gasteiger partial charge on any atom is 0.262 e. The van der Waals surface area contributed by atoms with E-state index in [0.29, 0.717) is 11.8 Å². The van der Waals surface area contributed by atoms with Crippen molar-refractivity contribution in [2.24, 2.45) is 0 Å². The largest absolute Gasteiger partial charge is 0.481 e. The van der Waals surface area contributed by atoms with Crippen molar-refractivity contribution < 1.29 is 18.3 Å². The van der Waals surface area contributed by atoms with Gasteiger partial charge in [0.15, 0.2) is 18.2 Å². The molecule has 0 unspecified atom stereocenters. The molecule has 0 atom stereocenters. The molecule has 1 aliphatic heterocycles. The lowest BCUT2D eigenvalue weighted by molar-refractivity contribution is -0.118. The molecule has 0 saturated carbocycles. The average Bonchev–Trinajstić information content (AvgIpc) is 2.63. The van der Waals surface area contributed by atoms with Gasteiger partial charge < -0.3 is 19.9 Å². The minimum Gasteiger partial charge on any atom is -0.481 e. The van der Waals surface area contributed by atoms with Gasteiger partial charge in [0.1, 0.15) is 5.82 Å². The molecule has 0 aromatic heterocycles. The maximum atomic E-state index is 13.5. The lowest BCUT2D eigenvalue weighted by Crippen LogP contribution is -2.44. The van der Waals surface area contributed by atoms with Crippen LogP contribution >= 0.6 is 0 Å². The maximum absolute atomic E-state index is 13.5. The highest BCUT2D eigenvalue weighted by atomic mass is 19.1. The molecule has 0 spiro atoms. The van der Waals surface area contributed by atoms with Crippen LogP contribution in [0.25, 0.3) is 0 Å². The van der Waals surface area contributed by atoms with Gasteiger partial charge in [0.2, 0.25) is 0 Å².